The molecule has 5 atom stereocenters. The number of carbonyl (C=O) groups excluding carboxylic acids is 5. The number of sulfonamides is 1. The summed E-state index contributed by atoms with van der Waals surface area (Å²) >= 11 is 0. The summed E-state index contributed by atoms with van der Waals surface area (Å²) in [7, 11) is -4.74. The average molecular weight is 804 g/mol. The molecule has 0 unspecified atom stereocenters. The highest BCUT2D eigenvalue weighted by Crippen LogP contribution is 2.46. The number of hydrogen-bond donors (Lipinski definition) is 3. The first-order valence-electron chi connectivity index (χ1n) is 18.4. The van der Waals surface area contributed by atoms with Crippen LogP contribution in [0.5, 0.6) is 0 Å². The number of carbonyl (C=O) groups is 5. The molecule has 56 heavy (non-hydrogen) atoms. The summed E-state index contributed by atoms with van der Waals surface area (Å²) in [6.45, 7) is 4.72. The lowest BCUT2D eigenvalue weighted by molar-refractivity contribution is -0.141. The van der Waals surface area contributed by atoms with E-state index >= 15 is 0 Å². The van der Waals surface area contributed by atoms with Gasteiger partial charge in [0, 0.05) is 24.4 Å². The van der Waals surface area contributed by atoms with Crippen molar-refractivity contribution in [2.45, 2.75) is 113 Å². The Morgan fingerprint density at radius 3 is 2.46 bits per heavy atom. The molecule has 1 aliphatic carbocycles. The van der Waals surface area contributed by atoms with Crippen LogP contribution >= 0.6 is 0 Å². The Labute approximate surface area is 322 Å². The van der Waals surface area contributed by atoms with Crippen molar-refractivity contribution in [1.82, 2.24) is 25.2 Å². The van der Waals surface area contributed by atoms with Gasteiger partial charge in [-0.1, -0.05) is 37.1 Å². The minimum absolute atomic E-state index is 0.0254. The van der Waals surface area contributed by atoms with E-state index in [1.165, 1.54) is 17.0 Å². The van der Waals surface area contributed by atoms with Gasteiger partial charge < -0.3 is 25.0 Å². The highest BCUT2D eigenvalue weighted by atomic mass is 32.2. The molecule has 5 amide bonds. The van der Waals surface area contributed by atoms with Gasteiger partial charge in [0.15, 0.2) is 11.6 Å². The number of rotatable bonds is 5. The zero-order valence-electron chi connectivity index (χ0n) is 31.1. The number of nitrogens with zero attached hydrogens (tertiary/aromatic N) is 2. The quantitative estimate of drug-likeness (QED) is 0.371. The number of alkyl carbamates (subject to hydrolysis) is 1. The molecule has 0 aromatic heterocycles. The third kappa shape index (κ3) is 8.95. The van der Waals surface area contributed by atoms with Gasteiger partial charge in [0.2, 0.25) is 11.8 Å². The van der Waals surface area contributed by atoms with E-state index in [1.807, 2.05) is 4.72 Å². The molecule has 3 heterocycles. The summed E-state index contributed by atoms with van der Waals surface area (Å²) in [6, 6.07) is 3.79. The number of ether oxygens (including phenoxy) is 2. The van der Waals surface area contributed by atoms with Gasteiger partial charge in [0.25, 0.3) is 15.9 Å². The Bertz CT molecular complexity index is 2060. The normalized spacial score (nSPS) is 25.5. The maximum atomic E-state index is 14.4. The van der Waals surface area contributed by atoms with Gasteiger partial charge in [0.05, 0.1) is 18.0 Å². The Hall–Kier alpha value is -5.13. The van der Waals surface area contributed by atoms with E-state index in [0.29, 0.717) is 48.9 Å². The Morgan fingerprint density at radius 2 is 1.75 bits per heavy atom. The Kier molecular flexibility index (Phi) is 11.4. The van der Waals surface area contributed by atoms with Gasteiger partial charge in [-0.2, -0.15) is 0 Å². The lowest BCUT2D eigenvalue weighted by atomic mass is 10.0. The molecule has 0 bridgehead atoms. The van der Waals surface area contributed by atoms with Crippen LogP contribution in [-0.4, -0.2) is 84.0 Å². The lowest BCUT2D eigenvalue weighted by Gasteiger charge is -2.30. The molecule has 3 N–H and O–H groups in total. The first kappa shape index (κ1) is 40.5. The van der Waals surface area contributed by atoms with Gasteiger partial charge in [-0.25, -0.2) is 35.9 Å². The highest BCUT2D eigenvalue weighted by Gasteiger charge is 2.62. The van der Waals surface area contributed by atoms with Crippen LogP contribution in [-0.2, 0) is 47.0 Å². The fourth-order valence-corrected chi connectivity index (χ4v) is 8.31. The first-order chi connectivity index (χ1) is 26.4. The molecule has 6 rings (SSSR count). The molecule has 2 aromatic rings. The van der Waals surface area contributed by atoms with Crippen molar-refractivity contribution in [2.75, 3.05) is 6.54 Å². The summed E-state index contributed by atoms with van der Waals surface area (Å²) in [4.78, 5) is 70.4. The monoisotopic (exact) mass is 803 g/mol. The Morgan fingerprint density at radius 1 is 0.982 bits per heavy atom. The summed E-state index contributed by atoms with van der Waals surface area (Å²) in [6.07, 6.45) is 3.08. The summed E-state index contributed by atoms with van der Waals surface area (Å²) in [5.41, 5.74) is -1.75. The van der Waals surface area contributed by atoms with Crippen LogP contribution in [0.2, 0.25) is 0 Å². The predicted molar refractivity (Wildman–Crippen MR) is 192 cm³/mol. The van der Waals surface area contributed by atoms with E-state index in [1.54, 1.807) is 39.0 Å². The zero-order valence-corrected chi connectivity index (χ0v) is 31.9. The van der Waals surface area contributed by atoms with Crippen molar-refractivity contribution < 1.29 is 55.0 Å². The van der Waals surface area contributed by atoms with Crippen LogP contribution in [0, 0.1) is 23.4 Å². The third-order valence-electron chi connectivity index (χ3n) is 10.2. The fourth-order valence-electron chi connectivity index (χ4n) is 7.26. The number of halogens is 3. The summed E-state index contributed by atoms with van der Waals surface area (Å²) < 4.78 is 81.3. The maximum absolute atomic E-state index is 14.4. The van der Waals surface area contributed by atoms with Crippen LogP contribution in [0.25, 0.3) is 0 Å². The van der Waals surface area contributed by atoms with Crippen molar-refractivity contribution in [3.63, 3.8) is 0 Å². The number of hydrogen-bond acceptors (Lipinski definition) is 9. The molecular formula is C38H44F3N5O9S. The molecule has 4 aliphatic rings. The van der Waals surface area contributed by atoms with Crippen LogP contribution in [0.4, 0.5) is 22.8 Å². The molecule has 18 heteroatoms. The molecule has 1 saturated carbocycles. The van der Waals surface area contributed by atoms with Crippen LogP contribution < -0.4 is 15.4 Å². The molecule has 0 spiro atoms. The highest BCUT2D eigenvalue weighted by molar-refractivity contribution is 7.90. The molecule has 2 fully saturated rings. The lowest BCUT2D eigenvalue weighted by Crippen LogP contribution is -2.58. The molecule has 14 nitrogen and oxygen atoms in total. The van der Waals surface area contributed by atoms with Gasteiger partial charge in [0.1, 0.15) is 35.1 Å². The summed E-state index contributed by atoms with van der Waals surface area (Å²) in [5, 5.41) is 5.28. The zero-order chi connectivity index (χ0) is 40.6. The van der Waals surface area contributed by atoms with Gasteiger partial charge in [-0.05, 0) is 76.3 Å². The minimum atomic E-state index is -4.74. The molecule has 0 radical (unpaired) electrons. The van der Waals surface area contributed by atoms with E-state index in [-0.39, 0.29) is 38.9 Å². The predicted octanol–water partition coefficient (Wildman–Crippen LogP) is 4.32. The largest absolute Gasteiger partial charge is 0.444 e. The van der Waals surface area contributed by atoms with Crippen molar-refractivity contribution in [3.05, 3.63) is 77.1 Å². The van der Waals surface area contributed by atoms with Crippen molar-refractivity contribution >= 4 is 39.9 Å². The Balaban J connectivity index is 1.27. The van der Waals surface area contributed by atoms with Gasteiger partial charge in [-0.3, -0.25) is 19.3 Å². The number of benzene rings is 2. The van der Waals surface area contributed by atoms with Crippen LogP contribution in [0.15, 0.2) is 53.4 Å². The minimum Gasteiger partial charge on any atom is -0.444 e. The molecule has 3 aliphatic heterocycles. The molecule has 302 valence electrons. The maximum Gasteiger partial charge on any atom is 0.410 e. The van der Waals surface area contributed by atoms with Gasteiger partial charge >= 0.3 is 12.2 Å². The second-order valence-corrected chi connectivity index (χ2v) is 17.2. The van der Waals surface area contributed by atoms with Crippen molar-refractivity contribution in [1.29, 1.82) is 0 Å². The number of fused-ring (bicyclic) bond motifs is 3. The average Bonchev–Trinajstić information content (AvgIpc) is 3.41. The van der Waals surface area contributed by atoms with Crippen LogP contribution in [0.1, 0.15) is 76.8 Å². The topological polar surface area (TPSA) is 181 Å². The van der Waals surface area contributed by atoms with Gasteiger partial charge in [-0.15, -0.1) is 0 Å². The van der Waals surface area contributed by atoms with Crippen molar-refractivity contribution in [3.8, 4) is 0 Å². The third-order valence-corrected chi connectivity index (χ3v) is 11.5. The number of amides is 5. The SMILES string of the molecule is CC(C)(C)OC(=O)N[C@H]1CCCCCC=C[C@@H]2C[C@@]2(C(=O)NS(=O)(=O)c2ccc(F)c(F)c2)NC(=O)[C@@H]2C[C@@H](OC(=O)N3Cc4cccc(F)c4C3)CN2C1=O. The van der Waals surface area contributed by atoms with E-state index in [9.17, 15) is 45.6 Å². The smallest absolute Gasteiger partial charge is 0.410 e. The second kappa shape index (κ2) is 15.8. The van der Waals surface area contributed by atoms with Crippen molar-refractivity contribution in [2.24, 2.45) is 5.92 Å². The van der Waals surface area contributed by atoms with E-state index in [0.717, 1.165) is 11.0 Å². The molecule has 2 aromatic carbocycles. The van der Waals surface area contributed by atoms with E-state index in [4.69, 9.17) is 9.47 Å². The van der Waals surface area contributed by atoms with E-state index < -0.39 is 97.5 Å². The molecular weight excluding hydrogens is 760 g/mol. The standard InChI is InChI=1S/C38H44F3N5O9S/c1-37(2,3)55-35(50)42-30-13-8-6-4-5-7-11-23-18-38(23,34(49)44-56(52,53)25-14-15-28(40)29(41)17-25)43-32(47)31-16-24(20-46(31)33(30)48)54-36(51)45-19-22-10-9-12-27(39)26(22)21-45/h7,9-12,14-15,17,23-24,30-31H,4-6,8,13,16,18-21H2,1-3H3,(H,42,50)(H,43,47)(H,44,49)/t23-,24-,30+,31+,38-/m1/s1. The number of allylic oxidation sites excluding steroid dienone is 1. The van der Waals surface area contributed by atoms with E-state index in [2.05, 4.69) is 10.6 Å². The molecule has 1 saturated heterocycles. The second-order valence-electron chi connectivity index (χ2n) is 15.5. The fraction of sp³-hybridized carbons (Fsp3) is 0.500. The number of nitrogens with one attached hydrogen (secondary N) is 3. The van der Waals surface area contributed by atoms with Crippen LogP contribution in [0.3, 0.4) is 0 Å². The first-order valence-corrected chi connectivity index (χ1v) is 19.9. The summed E-state index contributed by atoms with van der Waals surface area (Å²) in [5.74, 6) is -6.57.